The number of fused-ring (bicyclic) bond motifs is 5. The summed E-state index contributed by atoms with van der Waals surface area (Å²) in [6, 6.07) is 1.31. The van der Waals surface area contributed by atoms with Crippen LogP contribution in [0.3, 0.4) is 0 Å². The molecule has 0 saturated carbocycles. The second kappa shape index (κ2) is 2.85. The minimum absolute atomic E-state index is 0.656. The lowest BCUT2D eigenvalue weighted by Gasteiger charge is -2.22. The van der Waals surface area contributed by atoms with Gasteiger partial charge in [-0.3, -0.25) is 0 Å². The zero-order chi connectivity index (χ0) is 10.7. The van der Waals surface area contributed by atoms with E-state index in [-0.39, 0.29) is 0 Å². The van der Waals surface area contributed by atoms with Crippen molar-refractivity contribution in [3.05, 3.63) is 33.4 Å². The first-order valence-electron chi connectivity index (χ1n) is 5.97. The number of benzene rings is 1. The van der Waals surface area contributed by atoms with Gasteiger partial charge in [0.1, 0.15) is 0 Å². The van der Waals surface area contributed by atoms with Gasteiger partial charge in [-0.15, -0.1) is 0 Å². The molecular formula is C14H19N. The lowest BCUT2D eigenvalue weighted by atomic mass is 9.81. The van der Waals surface area contributed by atoms with Gasteiger partial charge >= 0.3 is 0 Å². The molecule has 2 aliphatic rings. The molecule has 0 amide bonds. The molecule has 0 aliphatic carbocycles. The molecule has 2 atom stereocenters. The van der Waals surface area contributed by atoms with E-state index in [9.17, 15) is 0 Å². The van der Waals surface area contributed by atoms with Crippen LogP contribution in [0, 0.1) is 27.7 Å². The van der Waals surface area contributed by atoms with Crippen LogP contribution in [0.25, 0.3) is 0 Å². The zero-order valence-corrected chi connectivity index (χ0v) is 10.1. The van der Waals surface area contributed by atoms with Crippen LogP contribution < -0.4 is 5.32 Å². The van der Waals surface area contributed by atoms with E-state index in [0.717, 1.165) is 0 Å². The summed E-state index contributed by atoms with van der Waals surface area (Å²) in [5, 5.41) is 3.73. The zero-order valence-electron chi connectivity index (χ0n) is 10.1. The van der Waals surface area contributed by atoms with Gasteiger partial charge in [0, 0.05) is 12.1 Å². The van der Waals surface area contributed by atoms with Gasteiger partial charge in [0.05, 0.1) is 0 Å². The summed E-state index contributed by atoms with van der Waals surface area (Å²) >= 11 is 0. The van der Waals surface area contributed by atoms with Gasteiger partial charge in [-0.05, 0) is 73.9 Å². The van der Waals surface area contributed by atoms with Gasteiger partial charge in [0.2, 0.25) is 0 Å². The maximum absolute atomic E-state index is 3.73. The van der Waals surface area contributed by atoms with Gasteiger partial charge in [0.25, 0.3) is 0 Å². The average Bonchev–Trinajstić information content (AvgIpc) is 2.82. The van der Waals surface area contributed by atoms with Crippen LogP contribution in [0.5, 0.6) is 0 Å². The Labute approximate surface area is 91.9 Å². The summed E-state index contributed by atoms with van der Waals surface area (Å²) in [5.41, 5.74) is 9.33. The van der Waals surface area contributed by atoms with Crippen molar-refractivity contribution < 1.29 is 0 Å². The molecule has 2 bridgehead atoms. The predicted molar refractivity (Wildman–Crippen MR) is 63.2 cm³/mol. The monoisotopic (exact) mass is 201 g/mol. The largest absolute Gasteiger partial charge is 0.303 e. The summed E-state index contributed by atoms with van der Waals surface area (Å²) < 4.78 is 0. The van der Waals surface area contributed by atoms with E-state index in [1.54, 1.807) is 11.1 Å². The van der Waals surface area contributed by atoms with Gasteiger partial charge in [-0.1, -0.05) is 0 Å². The van der Waals surface area contributed by atoms with Crippen molar-refractivity contribution in [1.82, 2.24) is 5.32 Å². The number of nitrogens with one attached hydrogen (secondary N) is 1. The highest BCUT2D eigenvalue weighted by Crippen LogP contribution is 2.49. The van der Waals surface area contributed by atoms with E-state index in [2.05, 4.69) is 33.0 Å². The molecule has 0 spiro atoms. The molecule has 1 nitrogen and oxygen atoms in total. The van der Waals surface area contributed by atoms with Crippen molar-refractivity contribution in [2.45, 2.75) is 52.6 Å². The van der Waals surface area contributed by atoms with Crippen molar-refractivity contribution in [3.63, 3.8) is 0 Å². The van der Waals surface area contributed by atoms with Crippen LogP contribution in [-0.2, 0) is 0 Å². The van der Waals surface area contributed by atoms with Crippen LogP contribution in [0.2, 0.25) is 0 Å². The Bertz CT molecular complexity index is 404. The summed E-state index contributed by atoms with van der Waals surface area (Å²) in [6.45, 7) is 9.12. The minimum Gasteiger partial charge on any atom is -0.303 e. The molecule has 15 heavy (non-hydrogen) atoms. The summed E-state index contributed by atoms with van der Waals surface area (Å²) in [6.07, 6.45) is 2.67. The van der Waals surface area contributed by atoms with Crippen LogP contribution >= 0.6 is 0 Å². The molecular weight excluding hydrogens is 182 g/mol. The Morgan fingerprint density at radius 2 is 1.13 bits per heavy atom. The Morgan fingerprint density at radius 1 is 0.733 bits per heavy atom. The van der Waals surface area contributed by atoms with Crippen molar-refractivity contribution in [3.8, 4) is 0 Å². The smallest absolute Gasteiger partial charge is 0.0332 e. The van der Waals surface area contributed by atoms with Gasteiger partial charge in [-0.2, -0.15) is 0 Å². The van der Waals surface area contributed by atoms with Gasteiger partial charge in [0.15, 0.2) is 0 Å². The standard InChI is InChI=1S/C14H19N/c1-7-8(2)10(4)14-12-6-5-11(15-12)13(14)9(7)3/h11-12,15H,5-6H2,1-4H3. The fraction of sp³-hybridized carbons (Fsp3) is 0.571. The van der Waals surface area contributed by atoms with E-state index >= 15 is 0 Å². The molecule has 1 heteroatoms. The molecule has 1 saturated heterocycles. The summed E-state index contributed by atoms with van der Waals surface area (Å²) in [5.74, 6) is 0. The Kier molecular flexibility index (Phi) is 1.79. The van der Waals surface area contributed by atoms with Crippen molar-refractivity contribution in [1.29, 1.82) is 0 Å². The van der Waals surface area contributed by atoms with E-state index in [0.29, 0.717) is 12.1 Å². The number of hydrogen-bond donors (Lipinski definition) is 1. The van der Waals surface area contributed by atoms with Crippen LogP contribution in [0.4, 0.5) is 0 Å². The predicted octanol–water partition coefficient (Wildman–Crippen LogP) is 3.40. The van der Waals surface area contributed by atoms with Crippen molar-refractivity contribution in [2.24, 2.45) is 0 Å². The van der Waals surface area contributed by atoms with Gasteiger partial charge < -0.3 is 5.32 Å². The third-order valence-electron chi connectivity index (χ3n) is 4.63. The highest BCUT2D eigenvalue weighted by atomic mass is 15.0. The maximum atomic E-state index is 3.73. The lowest BCUT2D eigenvalue weighted by Crippen LogP contribution is -2.07. The SMILES string of the molecule is Cc1c(C)c(C)c2c(c1C)C1CCC2N1. The third-order valence-corrected chi connectivity index (χ3v) is 4.63. The maximum Gasteiger partial charge on any atom is 0.0332 e. The molecule has 2 unspecified atom stereocenters. The van der Waals surface area contributed by atoms with Crippen molar-refractivity contribution in [2.75, 3.05) is 0 Å². The summed E-state index contributed by atoms with van der Waals surface area (Å²) in [4.78, 5) is 0. The van der Waals surface area contributed by atoms with Gasteiger partial charge in [-0.25, -0.2) is 0 Å². The van der Waals surface area contributed by atoms with E-state index in [4.69, 9.17) is 0 Å². The third kappa shape index (κ3) is 1.02. The molecule has 1 N–H and O–H groups in total. The molecule has 1 aromatic rings. The molecule has 3 rings (SSSR count). The molecule has 0 aromatic heterocycles. The van der Waals surface area contributed by atoms with Crippen LogP contribution in [0.1, 0.15) is 58.3 Å². The summed E-state index contributed by atoms with van der Waals surface area (Å²) in [7, 11) is 0. The molecule has 0 radical (unpaired) electrons. The minimum atomic E-state index is 0.656. The normalized spacial score (nSPS) is 27.2. The molecule has 80 valence electrons. The Hall–Kier alpha value is -0.820. The Morgan fingerprint density at radius 3 is 1.53 bits per heavy atom. The topological polar surface area (TPSA) is 12.0 Å². The van der Waals surface area contributed by atoms with E-state index < -0.39 is 0 Å². The second-order valence-corrected chi connectivity index (χ2v) is 5.18. The Balaban J connectivity index is 2.36. The lowest BCUT2D eigenvalue weighted by molar-refractivity contribution is 0.637. The molecule has 2 heterocycles. The number of hydrogen-bond acceptors (Lipinski definition) is 1. The van der Waals surface area contributed by atoms with Crippen LogP contribution in [-0.4, -0.2) is 0 Å². The molecule has 1 fully saturated rings. The first kappa shape index (κ1) is 9.41. The quantitative estimate of drug-likeness (QED) is 0.678. The highest BCUT2D eigenvalue weighted by Gasteiger charge is 2.39. The average molecular weight is 201 g/mol. The van der Waals surface area contributed by atoms with Crippen LogP contribution in [0.15, 0.2) is 0 Å². The van der Waals surface area contributed by atoms with E-state index in [1.165, 1.54) is 35.1 Å². The first-order chi connectivity index (χ1) is 7.11. The molecule has 2 aliphatic heterocycles. The van der Waals surface area contributed by atoms with E-state index in [1.807, 2.05) is 0 Å². The fourth-order valence-corrected chi connectivity index (χ4v) is 3.47. The molecule has 1 aromatic carbocycles. The fourth-order valence-electron chi connectivity index (χ4n) is 3.47. The van der Waals surface area contributed by atoms with Crippen molar-refractivity contribution >= 4 is 0 Å². The second-order valence-electron chi connectivity index (χ2n) is 5.18. The first-order valence-corrected chi connectivity index (χ1v) is 5.97. The highest BCUT2D eigenvalue weighted by molar-refractivity contribution is 5.55. The number of rotatable bonds is 0.